The number of methoxy groups -OCH3 is 1. The van der Waals surface area contributed by atoms with Crippen molar-refractivity contribution in [3.8, 4) is 11.5 Å². The standard InChI is InChI=1S/C22H28FNO4/c1-26-19-8-10-20(11-9-19)28-16-18(25)14-24(15-21-6-4-12-27-21)13-17-5-2-3-7-22(17)23/h2-3,5,7-11,18,21,25H,4,6,12-16H2,1H3. The molecule has 0 aliphatic carbocycles. The second-order valence-electron chi connectivity index (χ2n) is 7.06. The minimum Gasteiger partial charge on any atom is -0.497 e. The first-order valence-corrected chi connectivity index (χ1v) is 9.66. The minimum atomic E-state index is -0.699. The molecule has 1 saturated heterocycles. The van der Waals surface area contributed by atoms with Crippen LogP contribution >= 0.6 is 0 Å². The Morgan fingerprint density at radius 2 is 1.93 bits per heavy atom. The Labute approximate surface area is 165 Å². The minimum absolute atomic E-state index is 0.126. The van der Waals surface area contributed by atoms with Gasteiger partial charge in [0.2, 0.25) is 0 Å². The molecule has 152 valence electrons. The van der Waals surface area contributed by atoms with E-state index in [1.165, 1.54) is 6.07 Å². The lowest BCUT2D eigenvalue weighted by Crippen LogP contribution is -2.39. The molecule has 0 amide bonds. The molecule has 2 unspecified atom stereocenters. The van der Waals surface area contributed by atoms with Crippen molar-refractivity contribution in [3.63, 3.8) is 0 Å². The molecule has 0 spiro atoms. The Kier molecular flexibility index (Phi) is 7.65. The first-order chi connectivity index (χ1) is 13.6. The highest BCUT2D eigenvalue weighted by atomic mass is 19.1. The lowest BCUT2D eigenvalue weighted by Gasteiger charge is -2.27. The van der Waals surface area contributed by atoms with Gasteiger partial charge in [0.15, 0.2) is 0 Å². The number of aliphatic hydroxyl groups is 1. The average Bonchev–Trinajstić information content (AvgIpc) is 3.21. The Morgan fingerprint density at radius 1 is 1.18 bits per heavy atom. The fraction of sp³-hybridized carbons (Fsp3) is 0.455. The maximum atomic E-state index is 14.1. The van der Waals surface area contributed by atoms with Crippen LogP contribution in [0.15, 0.2) is 48.5 Å². The van der Waals surface area contributed by atoms with Crippen LogP contribution in [-0.4, -0.2) is 55.6 Å². The third-order valence-electron chi connectivity index (χ3n) is 4.81. The molecular weight excluding hydrogens is 361 g/mol. The van der Waals surface area contributed by atoms with Gasteiger partial charge in [-0.2, -0.15) is 0 Å². The van der Waals surface area contributed by atoms with E-state index in [1.807, 2.05) is 23.1 Å². The van der Waals surface area contributed by atoms with Gasteiger partial charge in [-0.15, -0.1) is 0 Å². The largest absolute Gasteiger partial charge is 0.497 e. The van der Waals surface area contributed by atoms with Gasteiger partial charge in [0.25, 0.3) is 0 Å². The normalized spacial score (nSPS) is 17.6. The molecule has 2 aromatic carbocycles. The lowest BCUT2D eigenvalue weighted by molar-refractivity contribution is 0.0310. The molecule has 5 nitrogen and oxygen atoms in total. The monoisotopic (exact) mass is 389 g/mol. The third-order valence-corrected chi connectivity index (χ3v) is 4.81. The first kappa shape index (κ1) is 20.6. The summed E-state index contributed by atoms with van der Waals surface area (Å²) >= 11 is 0. The summed E-state index contributed by atoms with van der Waals surface area (Å²) in [6, 6.07) is 14.0. The Balaban J connectivity index is 1.56. The van der Waals surface area contributed by atoms with Gasteiger partial charge in [-0.25, -0.2) is 4.39 Å². The van der Waals surface area contributed by atoms with E-state index in [0.29, 0.717) is 30.9 Å². The molecule has 0 radical (unpaired) electrons. The van der Waals surface area contributed by atoms with Crippen LogP contribution in [0.4, 0.5) is 4.39 Å². The van der Waals surface area contributed by atoms with E-state index in [9.17, 15) is 9.50 Å². The van der Waals surface area contributed by atoms with Gasteiger partial charge >= 0.3 is 0 Å². The molecule has 2 aromatic rings. The first-order valence-electron chi connectivity index (χ1n) is 9.66. The van der Waals surface area contributed by atoms with Crippen LogP contribution < -0.4 is 9.47 Å². The quantitative estimate of drug-likeness (QED) is 0.676. The van der Waals surface area contributed by atoms with E-state index in [0.717, 1.165) is 25.2 Å². The van der Waals surface area contributed by atoms with Crippen LogP contribution in [0.2, 0.25) is 0 Å². The van der Waals surface area contributed by atoms with Crippen molar-refractivity contribution in [1.29, 1.82) is 0 Å². The molecule has 6 heteroatoms. The summed E-state index contributed by atoms with van der Waals surface area (Å²) in [4.78, 5) is 2.04. The molecule has 3 rings (SSSR count). The van der Waals surface area contributed by atoms with Gasteiger partial charge < -0.3 is 19.3 Å². The van der Waals surface area contributed by atoms with E-state index < -0.39 is 6.10 Å². The lowest BCUT2D eigenvalue weighted by atomic mass is 10.1. The third kappa shape index (κ3) is 6.19. The predicted octanol–water partition coefficient (Wildman–Crippen LogP) is 3.26. The van der Waals surface area contributed by atoms with Crippen molar-refractivity contribution in [2.24, 2.45) is 0 Å². The smallest absolute Gasteiger partial charge is 0.127 e. The number of hydrogen-bond acceptors (Lipinski definition) is 5. The van der Waals surface area contributed by atoms with Gasteiger partial charge in [0.1, 0.15) is 30.0 Å². The van der Waals surface area contributed by atoms with Crippen molar-refractivity contribution in [3.05, 3.63) is 59.9 Å². The number of hydrogen-bond donors (Lipinski definition) is 1. The van der Waals surface area contributed by atoms with Gasteiger partial charge in [0.05, 0.1) is 13.2 Å². The summed E-state index contributed by atoms with van der Waals surface area (Å²) in [6.45, 7) is 2.39. The molecular formula is C22H28FNO4. The molecule has 1 N–H and O–H groups in total. The SMILES string of the molecule is COc1ccc(OCC(O)CN(Cc2ccccc2F)CC2CCCO2)cc1. The van der Waals surface area contributed by atoms with Crippen LogP contribution in [0.5, 0.6) is 11.5 Å². The number of benzene rings is 2. The highest BCUT2D eigenvalue weighted by Gasteiger charge is 2.22. The molecule has 1 fully saturated rings. The van der Waals surface area contributed by atoms with Crippen LogP contribution in [0, 0.1) is 5.82 Å². The molecule has 0 bridgehead atoms. The maximum absolute atomic E-state index is 14.1. The van der Waals surface area contributed by atoms with Gasteiger partial charge in [-0.3, -0.25) is 4.90 Å². The van der Waals surface area contributed by atoms with E-state index in [1.54, 1.807) is 31.4 Å². The number of aliphatic hydroxyl groups excluding tert-OH is 1. The van der Waals surface area contributed by atoms with Crippen molar-refractivity contribution in [2.45, 2.75) is 31.6 Å². The summed E-state index contributed by atoms with van der Waals surface area (Å²) in [6.07, 6.45) is 1.46. The molecule has 2 atom stereocenters. The molecule has 1 heterocycles. The molecule has 1 aliphatic rings. The molecule has 28 heavy (non-hydrogen) atoms. The van der Waals surface area contributed by atoms with Crippen molar-refractivity contribution in [2.75, 3.05) is 33.4 Å². The Hall–Kier alpha value is -2.15. The highest BCUT2D eigenvalue weighted by Crippen LogP contribution is 2.19. The number of rotatable bonds is 10. The van der Waals surface area contributed by atoms with Crippen molar-refractivity contribution < 1.29 is 23.7 Å². The maximum Gasteiger partial charge on any atom is 0.127 e. The summed E-state index contributed by atoms with van der Waals surface area (Å²) in [5.41, 5.74) is 0.615. The summed E-state index contributed by atoms with van der Waals surface area (Å²) in [5.74, 6) is 1.18. The summed E-state index contributed by atoms with van der Waals surface area (Å²) < 4.78 is 30.6. The summed E-state index contributed by atoms with van der Waals surface area (Å²) in [5, 5.41) is 10.5. The molecule has 0 saturated carbocycles. The van der Waals surface area contributed by atoms with E-state index in [4.69, 9.17) is 14.2 Å². The average molecular weight is 389 g/mol. The highest BCUT2D eigenvalue weighted by molar-refractivity contribution is 5.31. The van der Waals surface area contributed by atoms with E-state index >= 15 is 0 Å². The second-order valence-corrected chi connectivity index (χ2v) is 7.06. The second kappa shape index (κ2) is 10.4. The number of ether oxygens (including phenoxy) is 3. The van der Waals surface area contributed by atoms with E-state index in [2.05, 4.69) is 0 Å². The van der Waals surface area contributed by atoms with Crippen molar-refractivity contribution in [1.82, 2.24) is 4.90 Å². The van der Waals surface area contributed by atoms with Gasteiger partial charge in [-0.05, 0) is 43.2 Å². The van der Waals surface area contributed by atoms with Crippen LogP contribution in [0.3, 0.4) is 0 Å². The van der Waals surface area contributed by atoms with Crippen LogP contribution in [0.1, 0.15) is 18.4 Å². The fourth-order valence-electron chi connectivity index (χ4n) is 3.36. The van der Waals surface area contributed by atoms with Crippen LogP contribution in [0.25, 0.3) is 0 Å². The fourth-order valence-corrected chi connectivity index (χ4v) is 3.36. The predicted molar refractivity (Wildman–Crippen MR) is 105 cm³/mol. The summed E-state index contributed by atoms with van der Waals surface area (Å²) in [7, 11) is 1.61. The number of nitrogens with zero attached hydrogens (tertiary/aromatic N) is 1. The zero-order chi connectivity index (χ0) is 19.8. The Bertz CT molecular complexity index is 719. The Morgan fingerprint density at radius 3 is 2.61 bits per heavy atom. The zero-order valence-corrected chi connectivity index (χ0v) is 16.2. The molecule has 1 aliphatic heterocycles. The van der Waals surface area contributed by atoms with Gasteiger partial charge in [0, 0.05) is 31.8 Å². The topological polar surface area (TPSA) is 51.2 Å². The zero-order valence-electron chi connectivity index (χ0n) is 16.2. The number of halogens is 1. The van der Waals surface area contributed by atoms with Crippen molar-refractivity contribution >= 4 is 0 Å². The van der Waals surface area contributed by atoms with Gasteiger partial charge in [-0.1, -0.05) is 18.2 Å². The molecule has 0 aromatic heterocycles. The van der Waals surface area contributed by atoms with E-state index in [-0.39, 0.29) is 18.5 Å². The van der Waals surface area contributed by atoms with Crippen LogP contribution in [-0.2, 0) is 11.3 Å².